The first kappa shape index (κ1) is 29.6. The number of hydrogen-bond acceptors (Lipinski definition) is 9. The van der Waals surface area contributed by atoms with Gasteiger partial charge in [-0.3, -0.25) is 4.79 Å². The molecule has 0 N–H and O–H groups in total. The molecule has 0 amide bonds. The summed E-state index contributed by atoms with van der Waals surface area (Å²) in [5.41, 5.74) is 4.55. The second-order valence-corrected chi connectivity index (χ2v) is 10.0. The van der Waals surface area contributed by atoms with Gasteiger partial charge in [0.1, 0.15) is 18.6 Å². The molecule has 42 heavy (non-hydrogen) atoms. The number of tetrazole rings is 1. The van der Waals surface area contributed by atoms with E-state index in [0.29, 0.717) is 55.1 Å². The molecule has 222 valence electrons. The number of ether oxygens (including phenoxy) is 5. The number of para-hydroxylation sites is 1. The van der Waals surface area contributed by atoms with Crippen molar-refractivity contribution in [3.05, 3.63) is 81.9 Å². The fraction of sp³-hybridized carbons (Fsp3) is 0.400. The molecule has 1 aliphatic rings. The summed E-state index contributed by atoms with van der Waals surface area (Å²) in [7, 11) is 3.22. The zero-order valence-corrected chi connectivity index (χ0v) is 24.8. The third kappa shape index (κ3) is 6.13. The number of esters is 1. The summed E-state index contributed by atoms with van der Waals surface area (Å²) in [6.07, 6.45) is -0.466. The molecule has 3 heterocycles. The molecule has 0 radical (unpaired) electrons. The van der Waals surface area contributed by atoms with Crippen LogP contribution < -0.4 is 9.47 Å². The Balaban J connectivity index is 1.56. The van der Waals surface area contributed by atoms with E-state index < -0.39 is 18.2 Å². The lowest BCUT2D eigenvalue weighted by Crippen LogP contribution is -2.15. The number of carbonyl (C=O) groups is 1. The average Bonchev–Trinajstić information content (AvgIpc) is 3.59. The fourth-order valence-corrected chi connectivity index (χ4v) is 5.38. The van der Waals surface area contributed by atoms with E-state index in [2.05, 4.69) is 32.1 Å². The van der Waals surface area contributed by atoms with E-state index in [-0.39, 0.29) is 6.42 Å². The zero-order valence-electron chi connectivity index (χ0n) is 24.1. The van der Waals surface area contributed by atoms with E-state index in [1.54, 1.807) is 21.1 Å². The summed E-state index contributed by atoms with van der Waals surface area (Å²) < 4.78 is 31.4. The first-order chi connectivity index (χ1) is 20.5. The molecule has 0 bridgehead atoms. The summed E-state index contributed by atoms with van der Waals surface area (Å²) in [6, 6.07) is 15.6. The molecule has 5 rings (SSSR count). The average molecular weight is 596 g/mol. The van der Waals surface area contributed by atoms with Crippen LogP contribution in [0.25, 0.3) is 5.69 Å². The molecule has 0 spiro atoms. The van der Waals surface area contributed by atoms with E-state index in [4.69, 9.17) is 35.3 Å². The monoisotopic (exact) mass is 595 g/mol. The highest BCUT2D eigenvalue weighted by Crippen LogP contribution is 2.47. The van der Waals surface area contributed by atoms with Crippen LogP contribution in [0, 0.1) is 0 Å². The largest absolute Gasteiger partial charge is 0.493 e. The molecule has 2 aromatic carbocycles. The van der Waals surface area contributed by atoms with Crippen LogP contribution in [0.15, 0.2) is 48.5 Å². The Kier molecular flexibility index (Phi) is 9.41. The maximum atomic E-state index is 11.9. The number of benzene rings is 2. The molecular weight excluding hydrogens is 562 g/mol. The third-order valence-electron chi connectivity index (χ3n) is 7.00. The van der Waals surface area contributed by atoms with Crippen LogP contribution in [0.2, 0.25) is 5.02 Å². The quantitative estimate of drug-likeness (QED) is 0.208. The molecule has 0 unspecified atom stereocenters. The minimum atomic E-state index is -0.545. The number of fused-ring (bicyclic) bond motifs is 3. The van der Waals surface area contributed by atoms with E-state index in [0.717, 1.165) is 28.2 Å². The Morgan fingerprint density at radius 2 is 1.90 bits per heavy atom. The summed E-state index contributed by atoms with van der Waals surface area (Å²) in [4.78, 5) is 13.4. The third-order valence-corrected chi connectivity index (χ3v) is 7.23. The molecule has 0 aliphatic carbocycles. The second kappa shape index (κ2) is 13.4. The highest BCUT2D eigenvalue weighted by atomic mass is 35.5. The van der Waals surface area contributed by atoms with Crippen LogP contribution >= 0.6 is 11.6 Å². The number of aromatic nitrogens is 5. The highest BCUT2D eigenvalue weighted by Gasteiger charge is 2.34. The Labute approximate surface area is 249 Å². The predicted molar refractivity (Wildman–Crippen MR) is 154 cm³/mol. The molecular formula is C30H34ClN5O6. The lowest BCUT2D eigenvalue weighted by Gasteiger charge is -2.25. The molecule has 2 aromatic heterocycles. The SMILES string of the molecule is CCOCc1ccc2n1-c1ccc(Cl)cc1[C@@H](c1cccc(OC)c1OC)O[C@@H]2CCn1nnc(CC(=O)OCC)n1. The van der Waals surface area contributed by atoms with Crippen LogP contribution in [0.4, 0.5) is 0 Å². The van der Waals surface area contributed by atoms with Crippen molar-refractivity contribution >= 4 is 17.6 Å². The molecule has 0 saturated carbocycles. The maximum Gasteiger partial charge on any atom is 0.313 e. The van der Waals surface area contributed by atoms with Crippen LogP contribution in [0.3, 0.4) is 0 Å². The van der Waals surface area contributed by atoms with Gasteiger partial charge in [-0.05, 0) is 55.5 Å². The van der Waals surface area contributed by atoms with Gasteiger partial charge in [-0.1, -0.05) is 23.7 Å². The van der Waals surface area contributed by atoms with Crippen molar-refractivity contribution in [2.45, 2.75) is 52.0 Å². The minimum Gasteiger partial charge on any atom is -0.493 e. The first-order valence-electron chi connectivity index (χ1n) is 13.8. The van der Waals surface area contributed by atoms with Gasteiger partial charge in [0.25, 0.3) is 0 Å². The normalized spacial score (nSPS) is 15.9. The van der Waals surface area contributed by atoms with Crippen molar-refractivity contribution < 1.29 is 28.5 Å². The van der Waals surface area contributed by atoms with Crippen molar-refractivity contribution in [3.8, 4) is 17.2 Å². The van der Waals surface area contributed by atoms with E-state index in [9.17, 15) is 4.79 Å². The minimum absolute atomic E-state index is 0.0365. The Bertz CT molecular complexity index is 1540. The molecule has 2 atom stereocenters. The molecule has 1 aliphatic heterocycles. The van der Waals surface area contributed by atoms with E-state index in [1.165, 1.54) is 4.80 Å². The van der Waals surface area contributed by atoms with Gasteiger partial charge in [-0.25, -0.2) is 0 Å². The number of carbonyl (C=O) groups excluding carboxylic acids is 1. The Morgan fingerprint density at radius 3 is 2.67 bits per heavy atom. The molecule has 12 heteroatoms. The van der Waals surface area contributed by atoms with Crippen LogP contribution in [0.1, 0.15) is 60.8 Å². The number of halogens is 1. The predicted octanol–water partition coefficient (Wildman–Crippen LogP) is 5.03. The lowest BCUT2D eigenvalue weighted by atomic mass is 9.98. The van der Waals surface area contributed by atoms with Crippen molar-refractivity contribution in [2.24, 2.45) is 0 Å². The summed E-state index contributed by atoms with van der Waals surface area (Å²) in [5, 5.41) is 13.1. The number of nitrogens with zero attached hydrogens (tertiary/aromatic N) is 5. The number of aryl methyl sites for hydroxylation is 1. The van der Waals surface area contributed by atoms with Crippen molar-refractivity contribution in [1.29, 1.82) is 0 Å². The summed E-state index contributed by atoms with van der Waals surface area (Å²) in [6.45, 7) is 5.43. The lowest BCUT2D eigenvalue weighted by molar-refractivity contribution is -0.142. The van der Waals surface area contributed by atoms with Gasteiger partial charge in [0, 0.05) is 34.9 Å². The number of hydrogen-bond donors (Lipinski definition) is 0. The van der Waals surface area contributed by atoms with Crippen molar-refractivity contribution in [1.82, 2.24) is 24.8 Å². The highest BCUT2D eigenvalue weighted by molar-refractivity contribution is 6.30. The van der Waals surface area contributed by atoms with Crippen molar-refractivity contribution in [3.63, 3.8) is 0 Å². The van der Waals surface area contributed by atoms with E-state index in [1.807, 2.05) is 43.3 Å². The summed E-state index contributed by atoms with van der Waals surface area (Å²) in [5.74, 6) is 1.09. The van der Waals surface area contributed by atoms with Gasteiger partial charge in [0.05, 0.1) is 45.4 Å². The Hall–Kier alpha value is -3.93. The topological polar surface area (TPSA) is 112 Å². The van der Waals surface area contributed by atoms with Gasteiger partial charge in [0.15, 0.2) is 17.3 Å². The van der Waals surface area contributed by atoms with Crippen LogP contribution in [-0.4, -0.2) is 58.2 Å². The smallest absolute Gasteiger partial charge is 0.313 e. The molecule has 4 aromatic rings. The van der Waals surface area contributed by atoms with Crippen LogP contribution in [0.5, 0.6) is 11.5 Å². The molecule has 11 nitrogen and oxygen atoms in total. The fourth-order valence-electron chi connectivity index (χ4n) is 5.20. The summed E-state index contributed by atoms with van der Waals surface area (Å²) >= 11 is 6.57. The van der Waals surface area contributed by atoms with Gasteiger partial charge >= 0.3 is 5.97 Å². The first-order valence-corrected chi connectivity index (χ1v) is 14.2. The second-order valence-electron chi connectivity index (χ2n) is 9.58. The zero-order chi connectivity index (χ0) is 29.6. The maximum absolute atomic E-state index is 11.9. The number of rotatable bonds is 12. The van der Waals surface area contributed by atoms with E-state index >= 15 is 0 Å². The molecule has 0 fully saturated rings. The van der Waals surface area contributed by atoms with Gasteiger partial charge in [-0.2, -0.15) is 4.80 Å². The van der Waals surface area contributed by atoms with Gasteiger partial charge < -0.3 is 28.3 Å². The standard InChI is InChI=1S/C30H34ClN5O6/c1-5-40-18-20-11-13-24-25(14-15-35-33-27(32-34-35)17-28(37)41-6-2)42-29(21-8-7-9-26(38-3)30(21)39-4)22-16-19(31)10-12-23(22)36(20)24/h7-13,16,25,29H,5-6,14-15,17-18H2,1-4H3/t25-,29-/m1/s1. The Morgan fingerprint density at radius 1 is 1.05 bits per heavy atom. The van der Waals surface area contributed by atoms with Crippen LogP contribution in [-0.2, 0) is 38.6 Å². The molecule has 0 saturated heterocycles. The number of methoxy groups -OCH3 is 2. The van der Waals surface area contributed by atoms with Gasteiger partial charge in [0.2, 0.25) is 0 Å². The van der Waals surface area contributed by atoms with Gasteiger partial charge in [-0.15, -0.1) is 10.2 Å². The van der Waals surface area contributed by atoms with Crippen molar-refractivity contribution in [2.75, 3.05) is 27.4 Å².